The number of aliphatic hydroxyl groups is 1. The lowest BCUT2D eigenvalue weighted by Crippen LogP contribution is -2.30. The maximum absolute atomic E-state index is 10.0. The molecule has 2 nitrogen and oxygen atoms in total. The maximum Gasteiger partial charge on any atom is 0.0914 e. The summed E-state index contributed by atoms with van der Waals surface area (Å²) in [5.41, 5.74) is 0.986. The Morgan fingerprint density at radius 3 is 2.33 bits per heavy atom. The molecule has 1 aromatic rings. The van der Waals surface area contributed by atoms with Gasteiger partial charge in [0.25, 0.3) is 0 Å². The number of hydrogen-bond donors (Lipinski definition) is 2. The Morgan fingerprint density at radius 1 is 1.06 bits per heavy atom. The van der Waals surface area contributed by atoms with Crippen LogP contribution in [0.2, 0.25) is 0 Å². The van der Waals surface area contributed by atoms with Gasteiger partial charge in [0.1, 0.15) is 0 Å². The second-order valence-corrected chi connectivity index (χ2v) is 5.56. The maximum atomic E-state index is 10.0. The van der Waals surface area contributed by atoms with Gasteiger partial charge in [-0.25, -0.2) is 0 Å². The fraction of sp³-hybridized carbons (Fsp3) is 0.625. The van der Waals surface area contributed by atoms with Crippen molar-refractivity contribution in [2.24, 2.45) is 5.92 Å². The molecule has 18 heavy (non-hydrogen) atoms. The Labute approximate surface area is 111 Å². The van der Waals surface area contributed by atoms with Crippen LogP contribution in [-0.4, -0.2) is 17.7 Å². The highest BCUT2D eigenvalue weighted by atomic mass is 16.3. The van der Waals surface area contributed by atoms with E-state index in [9.17, 15) is 5.11 Å². The number of hydrogen-bond acceptors (Lipinski definition) is 2. The molecule has 0 fully saturated rings. The third-order valence-electron chi connectivity index (χ3n) is 3.26. The molecule has 1 rings (SSSR count). The summed E-state index contributed by atoms with van der Waals surface area (Å²) >= 11 is 0. The van der Waals surface area contributed by atoms with Crippen LogP contribution in [0, 0.1) is 5.92 Å². The van der Waals surface area contributed by atoms with Crippen LogP contribution < -0.4 is 5.32 Å². The molecule has 0 aliphatic heterocycles. The van der Waals surface area contributed by atoms with Gasteiger partial charge < -0.3 is 10.4 Å². The highest BCUT2D eigenvalue weighted by Gasteiger charge is 2.08. The molecule has 0 aliphatic carbocycles. The standard InChI is InChI=1S/C16H27NO/c1-13(2)8-7-9-14(3)17-12-16(18)15-10-5-4-6-11-15/h4-6,10-11,13-14,16-18H,7-9,12H2,1-3H3/t14-,16-/m1/s1. The van der Waals surface area contributed by atoms with E-state index in [0.717, 1.165) is 11.5 Å². The molecule has 0 bridgehead atoms. The van der Waals surface area contributed by atoms with Gasteiger partial charge in [-0.05, 0) is 24.8 Å². The second kappa shape index (κ2) is 8.28. The second-order valence-electron chi connectivity index (χ2n) is 5.56. The zero-order valence-electron chi connectivity index (χ0n) is 11.9. The first-order valence-electron chi connectivity index (χ1n) is 7.06. The van der Waals surface area contributed by atoms with Gasteiger partial charge in [0.2, 0.25) is 0 Å². The number of aliphatic hydroxyl groups excluding tert-OH is 1. The van der Waals surface area contributed by atoms with E-state index in [4.69, 9.17) is 0 Å². The summed E-state index contributed by atoms with van der Waals surface area (Å²) in [6.45, 7) is 7.35. The van der Waals surface area contributed by atoms with Gasteiger partial charge in [0.05, 0.1) is 6.10 Å². The monoisotopic (exact) mass is 249 g/mol. The third kappa shape index (κ3) is 6.18. The SMILES string of the molecule is CC(C)CCC[C@@H](C)NC[C@@H](O)c1ccccc1. The molecule has 0 spiro atoms. The number of rotatable bonds is 8. The molecule has 2 N–H and O–H groups in total. The third-order valence-corrected chi connectivity index (χ3v) is 3.26. The average Bonchev–Trinajstić information content (AvgIpc) is 2.36. The summed E-state index contributed by atoms with van der Waals surface area (Å²) in [4.78, 5) is 0. The van der Waals surface area contributed by atoms with Crippen molar-refractivity contribution in [1.29, 1.82) is 0 Å². The van der Waals surface area contributed by atoms with Crippen molar-refractivity contribution < 1.29 is 5.11 Å². The Balaban J connectivity index is 2.20. The lowest BCUT2D eigenvalue weighted by molar-refractivity contribution is 0.169. The van der Waals surface area contributed by atoms with E-state index in [0.29, 0.717) is 12.6 Å². The molecule has 0 unspecified atom stereocenters. The van der Waals surface area contributed by atoms with Crippen LogP contribution in [0.4, 0.5) is 0 Å². The molecular weight excluding hydrogens is 222 g/mol. The molecule has 0 radical (unpaired) electrons. The van der Waals surface area contributed by atoms with Gasteiger partial charge in [-0.2, -0.15) is 0 Å². The molecule has 0 heterocycles. The molecule has 1 aromatic carbocycles. The number of benzene rings is 1. The van der Waals surface area contributed by atoms with Crippen LogP contribution in [0.1, 0.15) is 51.7 Å². The van der Waals surface area contributed by atoms with Gasteiger partial charge in [-0.3, -0.25) is 0 Å². The van der Waals surface area contributed by atoms with E-state index in [1.54, 1.807) is 0 Å². The largest absolute Gasteiger partial charge is 0.387 e. The van der Waals surface area contributed by atoms with Crippen LogP contribution >= 0.6 is 0 Å². The van der Waals surface area contributed by atoms with E-state index in [1.165, 1.54) is 19.3 Å². The van der Waals surface area contributed by atoms with E-state index in [-0.39, 0.29) is 0 Å². The highest BCUT2D eigenvalue weighted by Crippen LogP contribution is 2.12. The minimum absolute atomic E-state index is 0.404. The van der Waals surface area contributed by atoms with E-state index < -0.39 is 6.10 Å². The molecular formula is C16H27NO. The van der Waals surface area contributed by atoms with Gasteiger partial charge in [-0.1, -0.05) is 57.0 Å². The zero-order chi connectivity index (χ0) is 13.4. The van der Waals surface area contributed by atoms with Gasteiger partial charge >= 0.3 is 0 Å². The molecule has 0 aliphatic rings. The van der Waals surface area contributed by atoms with Gasteiger partial charge in [-0.15, -0.1) is 0 Å². The molecule has 2 heteroatoms. The van der Waals surface area contributed by atoms with Crippen molar-refractivity contribution in [3.63, 3.8) is 0 Å². The summed E-state index contributed by atoms with van der Waals surface area (Å²) in [5, 5.41) is 13.4. The summed E-state index contributed by atoms with van der Waals surface area (Å²) in [5.74, 6) is 0.784. The lowest BCUT2D eigenvalue weighted by atomic mass is 10.0. The van der Waals surface area contributed by atoms with Crippen molar-refractivity contribution in [1.82, 2.24) is 5.32 Å². The molecule has 0 saturated carbocycles. The smallest absolute Gasteiger partial charge is 0.0914 e. The lowest BCUT2D eigenvalue weighted by Gasteiger charge is -2.17. The van der Waals surface area contributed by atoms with Gasteiger partial charge in [0.15, 0.2) is 0 Å². The van der Waals surface area contributed by atoms with E-state index in [1.807, 2.05) is 30.3 Å². The summed E-state index contributed by atoms with van der Waals surface area (Å²) < 4.78 is 0. The Hall–Kier alpha value is -0.860. The van der Waals surface area contributed by atoms with Crippen LogP contribution in [0.15, 0.2) is 30.3 Å². The molecule has 0 saturated heterocycles. The highest BCUT2D eigenvalue weighted by molar-refractivity contribution is 5.17. The fourth-order valence-corrected chi connectivity index (χ4v) is 2.04. The quantitative estimate of drug-likeness (QED) is 0.739. The van der Waals surface area contributed by atoms with Crippen molar-refractivity contribution in [3.8, 4) is 0 Å². The van der Waals surface area contributed by atoms with Crippen LogP contribution in [-0.2, 0) is 0 Å². The topological polar surface area (TPSA) is 32.3 Å². The first-order valence-corrected chi connectivity index (χ1v) is 7.06. The summed E-state index contributed by atoms with van der Waals surface area (Å²) in [6, 6.07) is 10.3. The first kappa shape index (κ1) is 15.2. The van der Waals surface area contributed by atoms with Crippen molar-refractivity contribution >= 4 is 0 Å². The molecule has 2 atom stereocenters. The number of nitrogens with one attached hydrogen (secondary N) is 1. The Kier molecular flexibility index (Phi) is 6.99. The zero-order valence-corrected chi connectivity index (χ0v) is 11.9. The normalized spacial score (nSPS) is 14.7. The fourth-order valence-electron chi connectivity index (χ4n) is 2.04. The van der Waals surface area contributed by atoms with Crippen LogP contribution in [0.25, 0.3) is 0 Å². The molecule has 0 aromatic heterocycles. The molecule has 102 valence electrons. The van der Waals surface area contributed by atoms with E-state index in [2.05, 4.69) is 26.1 Å². The van der Waals surface area contributed by atoms with Crippen molar-refractivity contribution in [3.05, 3.63) is 35.9 Å². The Morgan fingerprint density at radius 2 is 1.72 bits per heavy atom. The van der Waals surface area contributed by atoms with E-state index >= 15 is 0 Å². The van der Waals surface area contributed by atoms with Gasteiger partial charge in [0, 0.05) is 12.6 Å². The molecule has 0 amide bonds. The van der Waals surface area contributed by atoms with Crippen molar-refractivity contribution in [2.75, 3.05) is 6.54 Å². The predicted molar refractivity (Wildman–Crippen MR) is 77.6 cm³/mol. The minimum Gasteiger partial charge on any atom is -0.387 e. The van der Waals surface area contributed by atoms with Crippen molar-refractivity contribution in [2.45, 2.75) is 52.2 Å². The van der Waals surface area contributed by atoms with Crippen LogP contribution in [0.5, 0.6) is 0 Å². The first-order chi connectivity index (χ1) is 8.59. The summed E-state index contributed by atoms with van der Waals surface area (Å²) in [6.07, 6.45) is 3.32. The predicted octanol–water partition coefficient (Wildman–Crippen LogP) is 3.52. The average molecular weight is 249 g/mol. The minimum atomic E-state index is -0.404. The summed E-state index contributed by atoms with van der Waals surface area (Å²) in [7, 11) is 0. The van der Waals surface area contributed by atoms with Crippen LogP contribution in [0.3, 0.4) is 0 Å². The Bertz CT molecular complexity index is 310.